The maximum atomic E-state index is 12.8. The van der Waals surface area contributed by atoms with Crippen molar-refractivity contribution in [3.63, 3.8) is 0 Å². The van der Waals surface area contributed by atoms with E-state index in [2.05, 4.69) is 0 Å². The van der Waals surface area contributed by atoms with E-state index < -0.39 is 10.0 Å². The van der Waals surface area contributed by atoms with Crippen LogP contribution in [-0.2, 0) is 15.8 Å². The molecule has 0 saturated carbocycles. The Morgan fingerprint density at radius 1 is 1.07 bits per heavy atom. The minimum absolute atomic E-state index is 0.00350. The fourth-order valence-corrected chi connectivity index (χ4v) is 6.30. The number of nitrogens with zero attached hydrogens (tertiary/aromatic N) is 1. The Morgan fingerprint density at radius 3 is 2.67 bits per heavy atom. The van der Waals surface area contributed by atoms with E-state index in [1.807, 2.05) is 18.2 Å². The zero-order valence-electron chi connectivity index (χ0n) is 14.6. The third-order valence-electron chi connectivity index (χ3n) is 4.72. The molecule has 0 spiro atoms. The lowest BCUT2D eigenvalue weighted by Gasteiger charge is -2.20. The van der Waals surface area contributed by atoms with Crippen molar-refractivity contribution in [2.45, 2.75) is 17.4 Å². The summed E-state index contributed by atoms with van der Waals surface area (Å²) in [7, 11) is -3.36. The summed E-state index contributed by atoms with van der Waals surface area (Å²) < 4.78 is 38.1. The summed E-state index contributed by atoms with van der Waals surface area (Å²) in [6.07, 6.45) is 0.768. The zero-order chi connectivity index (χ0) is 18.9. The summed E-state index contributed by atoms with van der Waals surface area (Å²) in [5.41, 5.74) is 1.91. The predicted octanol–water partition coefficient (Wildman–Crippen LogP) is 4.08. The molecule has 0 bridgehead atoms. The monoisotopic (exact) mass is 425 g/mol. The SMILES string of the molecule is O=S(=O)(Cc1ccc(Cl)cc1)N1CCSC(c2ccc3c(c2)OCO3)CC1. The summed E-state index contributed by atoms with van der Waals surface area (Å²) in [4.78, 5) is 0. The maximum absolute atomic E-state index is 12.8. The van der Waals surface area contributed by atoms with Crippen LogP contribution >= 0.6 is 23.4 Å². The van der Waals surface area contributed by atoms with Crippen LogP contribution in [-0.4, -0.2) is 38.4 Å². The highest BCUT2D eigenvalue weighted by atomic mass is 35.5. The van der Waals surface area contributed by atoms with Crippen molar-refractivity contribution in [1.29, 1.82) is 0 Å². The van der Waals surface area contributed by atoms with Crippen molar-refractivity contribution in [2.24, 2.45) is 0 Å². The minimum Gasteiger partial charge on any atom is -0.454 e. The molecule has 0 aromatic heterocycles. The number of halogens is 1. The van der Waals surface area contributed by atoms with Gasteiger partial charge in [-0.15, -0.1) is 0 Å². The molecule has 0 aliphatic carbocycles. The van der Waals surface area contributed by atoms with E-state index in [-0.39, 0.29) is 17.8 Å². The van der Waals surface area contributed by atoms with Crippen molar-refractivity contribution in [2.75, 3.05) is 25.6 Å². The second-order valence-electron chi connectivity index (χ2n) is 6.54. The first kappa shape index (κ1) is 18.9. The average Bonchev–Trinajstić information content (AvgIpc) is 2.97. The van der Waals surface area contributed by atoms with Crippen molar-refractivity contribution in [3.05, 3.63) is 58.6 Å². The van der Waals surface area contributed by atoms with Crippen LogP contribution in [0, 0.1) is 0 Å². The van der Waals surface area contributed by atoms with E-state index in [1.165, 1.54) is 0 Å². The maximum Gasteiger partial charge on any atom is 0.231 e. The smallest absolute Gasteiger partial charge is 0.231 e. The molecule has 0 radical (unpaired) electrons. The number of hydrogen-bond acceptors (Lipinski definition) is 5. The van der Waals surface area contributed by atoms with Gasteiger partial charge in [0.2, 0.25) is 16.8 Å². The summed E-state index contributed by atoms with van der Waals surface area (Å²) >= 11 is 7.67. The van der Waals surface area contributed by atoms with Gasteiger partial charge < -0.3 is 9.47 Å². The summed E-state index contributed by atoms with van der Waals surface area (Å²) in [6.45, 7) is 1.30. The van der Waals surface area contributed by atoms with Crippen LogP contribution < -0.4 is 9.47 Å². The highest BCUT2D eigenvalue weighted by molar-refractivity contribution is 7.99. The molecule has 2 heterocycles. The second-order valence-corrected chi connectivity index (χ2v) is 10.3. The molecule has 5 nitrogen and oxygen atoms in total. The number of thioether (sulfide) groups is 1. The lowest BCUT2D eigenvalue weighted by Crippen LogP contribution is -2.34. The van der Waals surface area contributed by atoms with Crippen molar-refractivity contribution in [3.8, 4) is 11.5 Å². The van der Waals surface area contributed by atoms with E-state index in [0.29, 0.717) is 18.1 Å². The molecule has 2 aromatic carbocycles. The number of hydrogen-bond donors (Lipinski definition) is 0. The van der Waals surface area contributed by atoms with Gasteiger partial charge in [-0.1, -0.05) is 29.8 Å². The number of ether oxygens (including phenoxy) is 2. The van der Waals surface area contributed by atoms with E-state index in [1.54, 1.807) is 40.3 Å². The van der Waals surface area contributed by atoms with E-state index in [4.69, 9.17) is 21.1 Å². The summed E-state index contributed by atoms with van der Waals surface area (Å²) in [6, 6.07) is 13.0. The second kappa shape index (κ2) is 7.91. The van der Waals surface area contributed by atoms with Gasteiger partial charge in [-0.3, -0.25) is 0 Å². The number of sulfonamides is 1. The number of rotatable bonds is 4. The van der Waals surface area contributed by atoms with Gasteiger partial charge in [0, 0.05) is 29.1 Å². The molecule has 1 atom stereocenters. The standard InChI is InChI=1S/C19H20ClNO4S2/c20-16-4-1-14(2-5-16)12-27(22,23)21-8-7-19(26-10-9-21)15-3-6-17-18(11-15)25-13-24-17/h1-6,11,19H,7-10,12-13H2. The molecule has 2 aliphatic heterocycles. The molecular weight excluding hydrogens is 406 g/mol. The quantitative estimate of drug-likeness (QED) is 0.738. The summed E-state index contributed by atoms with van der Waals surface area (Å²) in [5.74, 6) is 2.30. The first-order chi connectivity index (χ1) is 13.0. The van der Waals surface area contributed by atoms with Crippen molar-refractivity contribution >= 4 is 33.4 Å². The first-order valence-corrected chi connectivity index (χ1v) is 11.8. The third kappa shape index (κ3) is 4.37. The Labute approximate surface area is 168 Å². The lowest BCUT2D eigenvalue weighted by molar-refractivity contribution is 0.174. The largest absolute Gasteiger partial charge is 0.454 e. The fraction of sp³-hybridized carbons (Fsp3) is 0.368. The normalized spacial score (nSPS) is 20.4. The van der Waals surface area contributed by atoms with Crippen LogP contribution in [0.3, 0.4) is 0 Å². The Kier molecular flexibility index (Phi) is 5.55. The third-order valence-corrected chi connectivity index (χ3v) is 8.16. The number of fused-ring (bicyclic) bond motifs is 1. The van der Waals surface area contributed by atoms with Crippen LogP contribution in [0.1, 0.15) is 22.8 Å². The zero-order valence-corrected chi connectivity index (χ0v) is 17.0. The Hall–Kier alpha value is -1.41. The van der Waals surface area contributed by atoms with Crippen molar-refractivity contribution in [1.82, 2.24) is 4.31 Å². The molecule has 0 N–H and O–H groups in total. The molecule has 0 amide bonds. The van der Waals surface area contributed by atoms with E-state index in [9.17, 15) is 8.42 Å². The molecule has 1 saturated heterocycles. The minimum atomic E-state index is -3.36. The fourth-order valence-electron chi connectivity index (χ4n) is 3.29. The van der Waals surface area contributed by atoms with Crippen LogP contribution in [0.2, 0.25) is 5.02 Å². The van der Waals surface area contributed by atoms with Gasteiger partial charge in [0.1, 0.15) is 0 Å². The topological polar surface area (TPSA) is 55.8 Å². The van der Waals surface area contributed by atoms with Crippen LogP contribution in [0.5, 0.6) is 11.5 Å². The van der Waals surface area contributed by atoms with Gasteiger partial charge in [0.15, 0.2) is 11.5 Å². The molecule has 1 unspecified atom stereocenters. The average molecular weight is 426 g/mol. The van der Waals surface area contributed by atoms with E-state index in [0.717, 1.165) is 34.8 Å². The Balaban J connectivity index is 1.44. The highest BCUT2D eigenvalue weighted by Gasteiger charge is 2.28. The number of benzene rings is 2. The molecule has 8 heteroatoms. The first-order valence-electron chi connectivity index (χ1n) is 8.75. The van der Waals surface area contributed by atoms with Crippen molar-refractivity contribution < 1.29 is 17.9 Å². The molecule has 144 valence electrons. The van der Waals surface area contributed by atoms with Gasteiger partial charge in [-0.2, -0.15) is 11.8 Å². The summed E-state index contributed by atoms with van der Waals surface area (Å²) in [5, 5.41) is 0.851. The van der Waals surface area contributed by atoms with Gasteiger partial charge in [-0.25, -0.2) is 12.7 Å². The Morgan fingerprint density at radius 2 is 1.85 bits per heavy atom. The molecule has 2 aliphatic rings. The molecular formula is C19H20ClNO4S2. The van der Waals surface area contributed by atoms with E-state index >= 15 is 0 Å². The molecule has 4 rings (SSSR count). The van der Waals surface area contributed by atoms with Crippen LogP contribution in [0.15, 0.2) is 42.5 Å². The van der Waals surface area contributed by atoms with Gasteiger partial charge >= 0.3 is 0 Å². The lowest BCUT2D eigenvalue weighted by atomic mass is 10.1. The molecule has 2 aromatic rings. The molecule has 1 fully saturated rings. The van der Waals surface area contributed by atoms with Gasteiger partial charge in [0.25, 0.3) is 0 Å². The Bertz CT molecular complexity index is 918. The van der Waals surface area contributed by atoms with Gasteiger partial charge in [-0.05, 0) is 41.8 Å². The van der Waals surface area contributed by atoms with Gasteiger partial charge in [0.05, 0.1) is 5.75 Å². The predicted molar refractivity (Wildman–Crippen MR) is 108 cm³/mol. The highest BCUT2D eigenvalue weighted by Crippen LogP contribution is 2.40. The van der Waals surface area contributed by atoms with Crippen LogP contribution in [0.4, 0.5) is 0 Å². The van der Waals surface area contributed by atoms with Crippen LogP contribution in [0.25, 0.3) is 0 Å². The molecule has 27 heavy (non-hydrogen) atoms.